The van der Waals surface area contributed by atoms with Crippen molar-refractivity contribution in [2.24, 2.45) is 7.05 Å². The van der Waals surface area contributed by atoms with Gasteiger partial charge in [0.2, 0.25) is 0 Å². The van der Waals surface area contributed by atoms with Crippen molar-refractivity contribution in [1.29, 1.82) is 0 Å². The van der Waals surface area contributed by atoms with Crippen LogP contribution in [0.5, 0.6) is 0 Å². The normalized spacial score (nSPS) is 22.0. The fourth-order valence-electron chi connectivity index (χ4n) is 4.08. The fraction of sp³-hybridized carbons (Fsp3) is 0.765. The summed E-state index contributed by atoms with van der Waals surface area (Å²) >= 11 is 3.42. The molecule has 1 aromatic heterocycles. The third-order valence-corrected chi connectivity index (χ3v) is 6.26. The first-order valence-electron chi connectivity index (χ1n) is 8.83. The van der Waals surface area contributed by atoms with Crippen molar-refractivity contribution in [3.63, 3.8) is 0 Å². The molecular weight excluding hydrogens is 356 g/mol. The first kappa shape index (κ1) is 17.0. The topological polar surface area (TPSA) is 50.2 Å². The van der Waals surface area contributed by atoms with Gasteiger partial charge in [0.1, 0.15) is 4.47 Å². The summed E-state index contributed by atoms with van der Waals surface area (Å²) in [4.78, 5) is 14.7. The highest BCUT2D eigenvalue weighted by molar-refractivity contribution is 9.10. The smallest absolute Gasteiger partial charge is 0.282 e. The van der Waals surface area contributed by atoms with Crippen LogP contribution in [0.3, 0.4) is 0 Å². The van der Waals surface area contributed by atoms with Gasteiger partial charge in [0.15, 0.2) is 0 Å². The molecule has 1 saturated heterocycles. The number of aryl methyl sites for hydroxylation is 1. The van der Waals surface area contributed by atoms with Crippen LogP contribution >= 0.6 is 15.9 Å². The van der Waals surface area contributed by atoms with Crippen molar-refractivity contribution in [1.82, 2.24) is 14.7 Å². The Labute approximate surface area is 146 Å². The van der Waals surface area contributed by atoms with Crippen molar-refractivity contribution in [3.05, 3.63) is 21.0 Å². The first-order chi connectivity index (χ1) is 11.1. The Bertz CT molecular complexity index is 589. The van der Waals surface area contributed by atoms with Gasteiger partial charge in [-0.3, -0.25) is 9.69 Å². The van der Waals surface area contributed by atoms with Gasteiger partial charge in [-0.2, -0.15) is 5.10 Å². The maximum absolute atomic E-state index is 12.0. The molecule has 23 heavy (non-hydrogen) atoms. The molecule has 0 amide bonds. The number of nitrogens with zero attached hydrogens (tertiary/aromatic N) is 3. The highest BCUT2D eigenvalue weighted by Gasteiger charge is 2.38. The van der Waals surface area contributed by atoms with Crippen LogP contribution in [0.1, 0.15) is 51.4 Å². The summed E-state index contributed by atoms with van der Waals surface area (Å²) in [5.74, 6) is 0. The van der Waals surface area contributed by atoms with Gasteiger partial charge < -0.3 is 5.32 Å². The van der Waals surface area contributed by atoms with E-state index in [9.17, 15) is 4.79 Å². The minimum Gasteiger partial charge on any atom is -0.381 e. The maximum atomic E-state index is 12.0. The molecule has 3 rings (SSSR count). The predicted octanol–water partition coefficient (Wildman–Crippen LogP) is 3.14. The number of likely N-dealkylation sites (tertiary alicyclic amines) is 1. The van der Waals surface area contributed by atoms with Crippen LogP contribution < -0.4 is 10.9 Å². The number of rotatable bonds is 4. The Kier molecular flexibility index (Phi) is 5.42. The molecule has 0 radical (unpaired) electrons. The average molecular weight is 383 g/mol. The van der Waals surface area contributed by atoms with Gasteiger partial charge in [-0.15, -0.1) is 0 Å². The predicted molar refractivity (Wildman–Crippen MR) is 96.9 cm³/mol. The lowest BCUT2D eigenvalue weighted by atomic mass is 9.79. The van der Waals surface area contributed by atoms with Gasteiger partial charge in [0, 0.05) is 19.1 Å². The van der Waals surface area contributed by atoms with E-state index in [2.05, 4.69) is 31.2 Å². The van der Waals surface area contributed by atoms with Crippen LogP contribution in [0, 0.1) is 0 Å². The SMILES string of the molecule is Cn1ncc(NCC2(N3CCCCC3)CCCCC2)c(Br)c1=O. The van der Waals surface area contributed by atoms with Gasteiger partial charge in [0.25, 0.3) is 5.56 Å². The summed E-state index contributed by atoms with van der Waals surface area (Å²) in [6, 6.07) is 0. The second-order valence-electron chi connectivity index (χ2n) is 6.99. The fourth-order valence-corrected chi connectivity index (χ4v) is 4.58. The lowest BCUT2D eigenvalue weighted by Gasteiger charge is -2.48. The highest BCUT2D eigenvalue weighted by Crippen LogP contribution is 2.36. The maximum Gasteiger partial charge on any atom is 0.282 e. The monoisotopic (exact) mass is 382 g/mol. The molecule has 0 atom stereocenters. The number of halogens is 1. The summed E-state index contributed by atoms with van der Waals surface area (Å²) in [5.41, 5.74) is 0.972. The Morgan fingerprint density at radius 1 is 1.17 bits per heavy atom. The zero-order valence-electron chi connectivity index (χ0n) is 14.0. The molecular formula is C17H27BrN4O. The molecule has 6 heteroatoms. The molecule has 0 unspecified atom stereocenters. The second kappa shape index (κ2) is 7.34. The summed E-state index contributed by atoms with van der Waals surface area (Å²) in [5, 5.41) is 7.66. The van der Waals surface area contributed by atoms with Gasteiger partial charge >= 0.3 is 0 Å². The molecule has 1 N–H and O–H groups in total. The average Bonchev–Trinajstić information content (AvgIpc) is 2.61. The summed E-state index contributed by atoms with van der Waals surface area (Å²) in [6.07, 6.45) is 12.3. The second-order valence-corrected chi connectivity index (χ2v) is 7.78. The number of anilines is 1. The zero-order valence-corrected chi connectivity index (χ0v) is 15.6. The molecule has 0 aromatic carbocycles. The summed E-state index contributed by atoms with van der Waals surface area (Å²) in [6.45, 7) is 3.34. The molecule has 1 aliphatic heterocycles. The number of piperidine rings is 1. The number of nitrogens with one attached hydrogen (secondary N) is 1. The van der Waals surface area contributed by atoms with Crippen LogP contribution in [0.25, 0.3) is 0 Å². The highest BCUT2D eigenvalue weighted by atomic mass is 79.9. The summed E-state index contributed by atoms with van der Waals surface area (Å²) < 4.78 is 1.94. The molecule has 2 aliphatic rings. The Hall–Kier alpha value is -0.880. The molecule has 1 aliphatic carbocycles. The van der Waals surface area contributed by atoms with E-state index in [1.165, 1.54) is 69.1 Å². The Morgan fingerprint density at radius 3 is 2.52 bits per heavy atom. The standard InChI is InChI=1S/C17H27BrN4O/c1-21-16(23)15(18)14(12-20-21)19-13-17(8-4-2-5-9-17)22-10-6-3-7-11-22/h12,19H,2-11,13H2,1H3. The summed E-state index contributed by atoms with van der Waals surface area (Å²) in [7, 11) is 1.67. The number of hydrogen-bond donors (Lipinski definition) is 1. The molecule has 2 heterocycles. The quantitative estimate of drug-likeness (QED) is 0.868. The minimum absolute atomic E-state index is 0.0920. The first-order valence-corrected chi connectivity index (χ1v) is 9.62. The third-order valence-electron chi connectivity index (χ3n) is 5.50. The van der Waals surface area contributed by atoms with E-state index in [0.717, 1.165) is 12.2 Å². The Morgan fingerprint density at radius 2 is 1.83 bits per heavy atom. The molecule has 1 aromatic rings. The zero-order chi connectivity index (χ0) is 16.3. The van der Waals surface area contributed by atoms with E-state index >= 15 is 0 Å². The number of aromatic nitrogens is 2. The van der Waals surface area contributed by atoms with Crippen molar-refractivity contribution in [3.8, 4) is 0 Å². The van der Waals surface area contributed by atoms with Crippen LogP contribution in [-0.2, 0) is 7.05 Å². The molecule has 2 fully saturated rings. The molecule has 128 valence electrons. The minimum atomic E-state index is -0.0920. The van der Waals surface area contributed by atoms with E-state index < -0.39 is 0 Å². The van der Waals surface area contributed by atoms with Gasteiger partial charge in [0.05, 0.1) is 11.9 Å². The molecule has 0 spiro atoms. The van der Waals surface area contributed by atoms with Gasteiger partial charge in [-0.25, -0.2) is 4.68 Å². The lowest BCUT2D eigenvalue weighted by molar-refractivity contribution is 0.0437. The van der Waals surface area contributed by atoms with Gasteiger partial charge in [-0.05, 0) is 54.7 Å². The van der Waals surface area contributed by atoms with Crippen molar-refractivity contribution >= 4 is 21.6 Å². The van der Waals surface area contributed by atoms with Crippen molar-refractivity contribution in [2.45, 2.75) is 56.9 Å². The van der Waals surface area contributed by atoms with Crippen LogP contribution in [-0.4, -0.2) is 39.9 Å². The van der Waals surface area contributed by atoms with E-state index in [1.54, 1.807) is 13.2 Å². The van der Waals surface area contributed by atoms with E-state index in [1.807, 2.05) is 0 Å². The Balaban J connectivity index is 1.76. The van der Waals surface area contributed by atoms with E-state index in [4.69, 9.17) is 0 Å². The van der Waals surface area contributed by atoms with Crippen LogP contribution in [0.2, 0.25) is 0 Å². The van der Waals surface area contributed by atoms with E-state index in [-0.39, 0.29) is 11.1 Å². The van der Waals surface area contributed by atoms with Crippen LogP contribution in [0.4, 0.5) is 5.69 Å². The molecule has 1 saturated carbocycles. The van der Waals surface area contributed by atoms with Crippen molar-refractivity contribution in [2.75, 3.05) is 25.0 Å². The van der Waals surface area contributed by atoms with Gasteiger partial charge in [-0.1, -0.05) is 25.7 Å². The largest absolute Gasteiger partial charge is 0.381 e. The van der Waals surface area contributed by atoms with Crippen LogP contribution in [0.15, 0.2) is 15.5 Å². The molecule has 5 nitrogen and oxygen atoms in total. The van der Waals surface area contributed by atoms with Crippen molar-refractivity contribution < 1.29 is 0 Å². The molecule has 0 bridgehead atoms. The van der Waals surface area contributed by atoms with E-state index in [0.29, 0.717) is 4.47 Å². The lowest BCUT2D eigenvalue weighted by Crippen LogP contribution is -2.56. The third kappa shape index (κ3) is 3.63. The number of hydrogen-bond acceptors (Lipinski definition) is 4.